The number of rotatable bonds is 5. The van der Waals surface area contributed by atoms with Crippen LogP contribution in [0.3, 0.4) is 0 Å². The van der Waals surface area contributed by atoms with Gasteiger partial charge in [-0.25, -0.2) is 0 Å². The van der Waals surface area contributed by atoms with Gasteiger partial charge in [-0.1, -0.05) is 40.2 Å². The van der Waals surface area contributed by atoms with Gasteiger partial charge in [0, 0.05) is 12.1 Å². The topological polar surface area (TPSA) is 66.4 Å². The van der Waals surface area contributed by atoms with Crippen LogP contribution in [0.2, 0.25) is 0 Å². The molecule has 1 aromatic rings. The van der Waals surface area contributed by atoms with Crippen LogP contribution in [-0.2, 0) is 21.4 Å². The van der Waals surface area contributed by atoms with Gasteiger partial charge in [-0.2, -0.15) is 0 Å². The second-order valence-electron chi connectivity index (χ2n) is 9.63. The molecule has 1 amide bonds. The number of hydrogen-bond acceptors (Lipinski definition) is 2. The Bertz CT molecular complexity index is 784. The largest absolute Gasteiger partial charge is 0.481 e. The van der Waals surface area contributed by atoms with Crippen molar-refractivity contribution in [3.8, 4) is 0 Å². The van der Waals surface area contributed by atoms with Gasteiger partial charge in [0.1, 0.15) is 0 Å². The zero-order valence-electron chi connectivity index (χ0n) is 18.0. The number of fused-ring (bicyclic) bond motifs is 3. The van der Waals surface area contributed by atoms with Gasteiger partial charge in [0.2, 0.25) is 5.91 Å². The van der Waals surface area contributed by atoms with Gasteiger partial charge in [-0.05, 0) is 79.0 Å². The number of hydrogen-bond donors (Lipinski definition) is 2. The Morgan fingerprint density at radius 1 is 1.25 bits per heavy atom. The molecule has 2 N–H and O–H groups in total. The lowest BCUT2D eigenvalue weighted by molar-refractivity contribution is -0.157. The van der Waals surface area contributed by atoms with E-state index in [1.54, 1.807) is 0 Å². The van der Waals surface area contributed by atoms with E-state index in [2.05, 4.69) is 38.2 Å². The summed E-state index contributed by atoms with van der Waals surface area (Å²) in [6, 6.07) is 4.45. The van der Waals surface area contributed by atoms with Crippen LogP contribution >= 0.6 is 0 Å². The van der Waals surface area contributed by atoms with E-state index in [-0.39, 0.29) is 17.2 Å². The molecule has 0 aliphatic heterocycles. The van der Waals surface area contributed by atoms with E-state index in [9.17, 15) is 14.7 Å². The summed E-state index contributed by atoms with van der Waals surface area (Å²) in [6.45, 7) is 10.5. The molecule has 4 nitrogen and oxygen atoms in total. The van der Waals surface area contributed by atoms with Crippen LogP contribution in [-0.4, -0.2) is 17.0 Å². The van der Waals surface area contributed by atoms with Crippen LogP contribution in [0.4, 0.5) is 5.69 Å². The molecule has 0 aromatic heterocycles. The third-order valence-electron chi connectivity index (χ3n) is 7.39. The summed E-state index contributed by atoms with van der Waals surface area (Å²) >= 11 is 0. The van der Waals surface area contributed by atoms with Crippen molar-refractivity contribution in [2.75, 3.05) is 5.32 Å². The Hall–Kier alpha value is -1.84. The zero-order valence-corrected chi connectivity index (χ0v) is 18.0. The number of carboxylic acids is 1. The monoisotopic (exact) mass is 385 g/mol. The van der Waals surface area contributed by atoms with Crippen molar-refractivity contribution in [2.45, 2.75) is 90.9 Å². The Labute approximate surface area is 169 Å². The fraction of sp³-hybridized carbons (Fsp3) is 0.667. The van der Waals surface area contributed by atoms with Crippen LogP contribution in [0.25, 0.3) is 0 Å². The second kappa shape index (κ2) is 7.53. The van der Waals surface area contributed by atoms with Crippen molar-refractivity contribution >= 4 is 17.6 Å². The highest BCUT2D eigenvalue weighted by Crippen LogP contribution is 2.58. The number of carbonyl (C=O) groups excluding carboxylic acids is 1. The average molecular weight is 386 g/mol. The lowest BCUT2D eigenvalue weighted by atomic mass is 9.49. The number of aliphatic carboxylic acids is 1. The molecule has 1 fully saturated rings. The molecule has 2 aliphatic carbocycles. The number of aryl methyl sites for hydroxylation is 1. The van der Waals surface area contributed by atoms with E-state index < -0.39 is 11.4 Å². The van der Waals surface area contributed by atoms with E-state index in [4.69, 9.17) is 0 Å². The van der Waals surface area contributed by atoms with Gasteiger partial charge in [0.15, 0.2) is 0 Å². The summed E-state index contributed by atoms with van der Waals surface area (Å²) < 4.78 is 0. The predicted octanol–water partition coefficient (Wildman–Crippen LogP) is 5.64. The minimum atomic E-state index is -0.674. The Balaban J connectivity index is 2.10. The number of carbonyl (C=O) groups is 2. The van der Waals surface area contributed by atoms with Crippen molar-refractivity contribution in [1.82, 2.24) is 0 Å². The zero-order chi connectivity index (χ0) is 20.7. The fourth-order valence-electron chi connectivity index (χ4n) is 5.82. The maximum absolute atomic E-state index is 12.3. The first-order valence-electron chi connectivity index (χ1n) is 10.8. The number of carboxylic acid groups (broad SMARTS) is 1. The molecule has 0 saturated heterocycles. The summed E-state index contributed by atoms with van der Waals surface area (Å²) in [5.41, 5.74) is 3.86. The average Bonchev–Trinajstić information content (AvgIpc) is 2.61. The van der Waals surface area contributed by atoms with E-state index in [1.165, 1.54) is 16.7 Å². The summed E-state index contributed by atoms with van der Waals surface area (Å²) in [5.74, 6) is -0.158. The maximum Gasteiger partial charge on any atom is 0.309 e. The molecule has 154 valence electrons. The molecule has 0 radical (unpaired) electrons. The Morgan fingerprint density at radius 3 is 2.57 bits per heavy atom. The molecule has 0 heterocycles. The molecule has 28 heavy (non-hydrogen) atoms. The molecule has 3 atom stereocenters. The Morgan fingerprint density at radius 2 is 1.96 bits per heavy atom. The molecule has 1 aromatic carbocycles. The molecule has 0 bridgehead atoms. The van der Waals surface area contributed by atoms with Gasteiger partial charge in [0.05, 0.1) is 5.41 Å². The highest BCUT2D eigenvalue weighted by molar-refractivity contribution is 5.92. The maximum atomic E-state index is 12.3. The fourth-order valence-corrected chi connectivity index (χ4v) is 5.82. The first-order valence-corrected chi connectivity index (χ1v) is 10.8. The number of amides is 1. The van der Waals surface area contributed by atoms with Gasteiger partial charge in [0.25, 0.3) is 0 Å². The SMILES string of the molecule is CCCC(=O)Nc1cc2c(cc1C(C)C)CC[C@H]1[C@](C)(C(=O)O)CCC[C@]21C. The molecular weight excluding hydrogens is 350 g/mol. The predicted molar refractivity (Wildman–Crippen MR) is 113 cm³/mol. The highest BCUT2D eigenvalue weighted by Gasteiger charge is 2.55. The molecular formula is C24H35NO3. The van der Waals surface area contributed by atoms with Crippen LogP contribution < -0.4 is 5.32 Å². The van der Waals surface area contributed by atoms with E-state index in [1.807, 2.05) is 13.8 Å². The standard InChI is InChI=1S/C24H35NO3/c1-6-8-21(26)25-19-14-18-16(13-17(19)15(2)3)9-10-20-23(18,4)11-7-12-24(20,5)22(27)28/h13-15,20H,6-12H2,1-5H3,(H,25,26)(H,27,28)/t20-,23-,24-/m1/s1. The normalized spacial score (nSPS) is 29.1. The Kier molecular flexibility index (Phi) is 5.62. The summed E-state index contributed by atoms with van der Waals surface area (Å²) in [5, 5.41) is 13.1. The molecule has 0 spiro atoms. The summed E-state index contributed by atoms with van der Waals surface area (Å²) in [7, 11) is 0. The molecule has 1 saturated carbocycles. The van der Waals surface area contributed by atoms with E-state index in [0.29, 0.717) is 12.3 Å². The van der Waals surface area contributed by atoms with Crippen molar-refractivity contribution in [1.29, 1.82) is 0 Å². The first-order chi connectivity index (χ1) is 13.1. The minimum absolute atomic E-state index is 0.0564. The van der Waals surface area contributed by atoms with Crippen molar-refractivity contribution in [3.63, 3.8) is 0 Å². The van der Waals surface area contributed by atoms with Crippen molar-refractivity contribution in [2.24, 2.45) is 11.3 Å². The summed E-state index contributed by atoms with van der Waals surface area (Å²) in [4.78, 5) is 24.5. The lowest BCUT2D eigenvalue weighted by Crippen LogP contribution is -2.52. The van der Waals surface area contributed by atoms with Gasteiger partial charge in [-0.3, -0.25) is 9.59 Å². The minimum Gasteiger partial charge on any atom is -0.481 e. The van der Waals surface area contributed by atoms with Gasteiger partial charge in [-0.15, -0.1) is 0 Å². The molecule has 0 unspecified atom stereocenters. The number of nitrogens with one attached hydrogen (secondary N) is 1. The third-order valence-corrected chi connectivity index (χ3v) is 7.39. The van der Waals surface area contributed by atoms with Crippen molar-refractivity contribution in [3.05, 3.63) is 28.8 Å². The quantitative estimate of drug-likeness (QED) is 0.689. The van der Waals surface area contributed by atoms with Crippen LogP contribution in [0.1, 0.15) is 95.8 Å². The van der Waals surface area contributed by atoms with Crippen molar-refractivity contribution < 1.29 is 14.7 Å². The van der Waals surface area contributed by atoms with Gasteiger partial charge >= 0.3 is 5.97 Å². The third kappa shape index (κ3) is 3.35. The second-order valence-corrected chi connectivity index (χ2v) is 9.63. The molecule has 2 aliphatic rings. The van der Waals surface area contributed by atoms with Crippen LogP contribution in [0, 0.1) is 11.3 Å². The summed E-state index contributed by atoms with van der Waals surface area (Å²) in [6.07, 6.45) is 5.88. The highest BCUT2D eigenvalue weighted by atomic mass is 16.4. The van der Waals surface area contributed by atoms with Crippen LogP contribution in [0.15, 0.2) is 12.1 Å². The number of benzene rings is 1. The smallest absolute Gasteiger partial charge is 0.309 e. The van der Waals surface area contributed by atoms with E-state index in [0.717, 1.165) is 44.2 Å². The molecule has 3 rings (SSSR count). The van der Waals surface area contributed by atoms with E-state index >= 15 is 0 Å². The lowest BCUT2D eigenvalue weighted by Gasteiger charge is -2.53. The number of anilines is 1. The van der Waals surface area contributed by atoms with Crippen LogP contribution in [0.5, 0.6) is 0 Å². The first kappa shape index (κ1) is 20.9. The van der Waals surface area contributed by atoms with Gasteiger partial charge < -0.3 is 10.4 Å². The molecule has 4 heteroatoms.